The van der Waals surface area contributed by atoms with Crippen LogP contribution in [0.15, 0.2) is 42.7 Å². The van der Waals surface area contributed by atoms with Crippen molar-refractivity contribution in [1.82, 2.24) is 4.98 Å². The van der Waals surface area contributed by atoms with Gasteiger partial charge in [0.1, 0.15) is 12.4 Å². The van der Waals surface area contributed by atoms with E-state index in [4.69, 9.17) is 0 Å². The highest BCUT2D eigenvalue weighted by Crippen LogP contribution is 2.03. The summed E-state index contributed by atoms with van der Waals surface area (Å²) < 4.78 is 2.04. The second-order valence-electron chi connectivity index (χ2n) is 3.20. The zero-order valence-electron chi connectivity index (χ0n) is 8.14. The van der Waals surface area contributed by atoms with Gasteiger partial charge in [0.25, 0.3) is 5.82 Å². The largest absolute Gasteiger partial charge is 0.278 e. The lowest BCUT2D eigenvalue weighted by Crippen LogP contribution is -2.28. The lowest BCUT2D eigenvalue weighted by molar-refractivity contribution is -0.671. The average molecular weight is 185 g/mol. The number of hydrogen-bond acceptors (Lipinski definition) is 0. The van der Waals surface area contributed by atoms with E-state index in [2.05, 4.69) is 29.3 Å². The number of benzene rings is 1. The van der Waals surface area contributed by atoms with E-state index in [0.717, 1.165) is 5.82 Å². The van der Waals surface area contributed by atoms with Crippen molar-refractivity contribution in [2.24, 2.45) is 7.05 Å². The van der Waals surface area contributed by atoms with Crippen molar-refractivity contribution in [3.63, 3.8) is 0 Å². The molecule has 0 spiro atoms. The van der Waals surface area contributed by atoms with E-state index in [1.807, 2.05) is 42.2 Å². The van der Waals surface area contributed by atoms with E-state index in [1.54, 1.807) is 0 Å². The molecule has 0 saturated heterocycles. The minimum atomic E-state index is 1.09. The summed E-state index contributed by atoms with van der Waals surface area (Å²) in [5.74, 6) is 1.09. The molecule has 2 nitrogen and oxygen atoms in total. The van der Waals surface area contributed by atoms with Crippen LogP contribution in [0.25, 0.3) is 12.2 Å². The quantitative estimate of drug-likeness (QED) is 0.690. The molecule has 0 unspecified atom stereocenters. The van der Waals surface area contributed by atoms with Crippen LogP contribution in [0.4, 0.5) is 0 Å². The van der Waals surface area contributed by atoms with Crippen molar-refractivity contribution < 1.29 is 4.57 Å². The second kappa shape index (κ2) is 3.92. The molecule has 0 fully saturated rings. The lowest BCUT2D eigenvalue weighted by Gasteiger charge is -1.89. The lowest BCUT2D eigenvalue weighted by atomic mass is 10.2. The summed E-state index contributed by atoms with van der Waals surface area (Å²) in [5, 5.41) is 0. The highest BCUT2D eigenvalue weighted by molar-refractivity contribution is 5.65. The summed E-state index contributed by atoms with van der Waals surface area (Å²) in [6.45, 7) is 0. The Kier molecular flexibility index (Phi) is 2.45. The van der Waals surface area contributed by atoms with Crippen molar-refractivity contribution in [3.8, 4) is 0 Å². The summed E-state index contributed by atoms with van der Waals surface area (Å²) in [5.41, 5.74) is 1.21. The topological polar surface area (TPSA) is 19.7 Å². The first kappa shape index (κ1) is 8.75. The molecule has 1 aromatic heterocycles. The first-order chi connectivity index (χ1) is 6.86. The number of aryl methyl sites for hydroxylation is 1. The maximum absolute atomic E-state index is 3.15. The molecule has 0 aliphatic heterocycles. The van der Waals surface area contributed by atoms with E-state index in [0.29, 0.717) is 0 Å². The van der Waals surface area contributed by atoms with Gasteiger partial charge in [0.05, 0.1) is 7.05 Å². The van der Waals surface area contributed by atoms with Gasteiger partial charge in [0.2, 0.25) is 0 Å². The molecule has 1 heterocycles. The number of aromatic amines is 1. The van der Waals surface area contributed by atoms with E-state index >= 15 is 0 Å². The van der Waals surface area contributed by atoms with Crippen molar-refractivity contribution in [3.05, 3.63) is 54.1 Å². The number of nitrogens with zero attached hydrogens (tertiary/aromatic N) is 1. The number of hydrogen-bond donors (Lipinski definition) is 1. The molecule has 14 heavy (non-hydrogen) atoms. The van der Waals surface area contributed by atoms with Crippen LogP contribution in [-0.4, -0.2) is 4.98 Å². The molecule has 0 saturated carbocycles. The van der Waals surface area contributed by atoms with Crippen molar-refractivity contribution in [2.45, 2.75) is 0 Å². The van der Waals surface area contributed by atoms with Crippen LogP contribution in [-0.2, 0) is 7.05 Å². The Morgan fingerprint density at radius 3 is 2.57 bits per heavy atom. The monoisotopic (exact) mass is 185 g/mol. The molecule has 0 aliphatic carbocycles. The Morgan fingerprint density at radius 2 is 1.93 bits per heavy atom. The Bertz CT molecular complexity index is 427. The molecule has 0 amide bonds. The number of imidazole rings is 1. The van der Waals surface area contributed by atoms with Gasteiger partial charge in [-0.05, 0) is 11.6 Å². The van der Waals surface area contributed by atoms with Gasteiger partial charge in [0.15, 0.2) is 0 Å². The van der Waals surface area contributed by atoms with Gasteiger partial charge in [-0.1, -0.05) is 30.3 Å². The molecular formula is C12H13N2+. The fraction of sp³-hybridized carbons (Fsp3) is 0.0833. The number of nitrogens with one attached hydrogen (secondary N) is 1. The third-order valence-corrected chi connectivity index (χ3v) is 2.14. The molecule has 70 valence electrons. The van der Waals surface area contributed by atoms with Gasteiger partial charge < -0.3 is 0 Å². The second-order valence-corrected chi connectivity index (χ2v) is 3.20. The number of rotatable bonds is 2. The molecule has 2 rings (SSSR count). The Balaban J connectivity index is 2.20. The minimum Gasteiger partial charge on any atom is -0.244 e. The summed E-state index contributed by atoms with van der Waals surface area (Å²) in [6, 6.07) is 10.3. The SMILES string of the molecule is C[n+]1cc[nH]c1C=Cc1ccccc1. The number of H-pyrrole nitrogens is 1. The van der Waals surface area contributed by atoms with Crippen LogP contribution >= 0.6 is 0 Å². The van der Waals surface area contributed by atoms with Crippen LogP contribution < -0.4 is 4.57 Å². The normalized spacial score (nSPS) is 10.9. The van der Waals surface area contributed by atoms with Crippen molar-refractivity contribution in [1.29, 1.82) is 0 Å². The third kappa shape index (κ3) is 1.91. The Labute approximate surface area is 83.5 Å². The van der Waals surface area contributed by atoms with Gasteiger partial charge in [-0.15, -0.1) is 0 Å². The summed E-state index contributed by atoms with van der Waals surface area (Å²) in [6.07, 6.45) is 8.07. The van der Waals surface area contributed by atoms with E-state index in [9.17, 15) is 0 Å². The Hall–Kier alpha value is -1.83. The summed E-state index contributed by atoms with van der Waals surface area (Å²) >= 11 is 0. The zero-order valence-corrected chi connectivity index (χ0v) is 8.14. The fourth-order valence-electron chi connectivity index (χ4n) is 1.32. The van der Waals surface area contributed by atoms with E-state index < -0.39 is 0 Å². The zero-order chi connectivity index (χ0) is 9.80. The first-order valence-corrected chi connectivity index (χ1v) is 4.62. The van der Waals surface area contributed by atoms with Crippen molar-refractivity contribution >= 4 is 12.2 Å². The molecule has 0 aliphatic rings. The number of aromatic nitrogens is 2. The van der Waals surface area contributed by atoms with Crippen LogP contribution in [0.1, 0.15) is 11.4 Å². The molecule has 1 N–H and O–H groups in total. The smallest absolute Gasteiger partial charge is 0.244 e. The van der Waals surface area contributed by atoms with Crippen LogP contribution in [0.3, 0.4) is 0 Å². The first-order valence-electron chi connectivity index (χ1n) is 4.62. The highest BCUT2D eigenvalue weighted by Gasteiger charge is 1.99. The molecular weight excluding hydrogens is 172 g/mol. The van der Waals surface area contributed by atoms with Gasteiger partial charge >= 0.3 is 0 Å². The molecule has 2 aromatic rings. The molecule has 0 bridgehead atoms. The average Bonchev–Trinajstić information content (AvgIpc) is 2.63. The predicted molar refractivity (Wildman–Crippen MR) is 57.3 cm³/mol. The molecule has 0 radical (unpaired) electrons. The predicted octanol–water partition coefficient (Wildman–Crippen LogP) is 2.01. The van der Waals surface area contributed by atoms with Gasteiger partial charge in [-0.25, -0.2) is 9.55 Å². The summed E-state index contributed by atoms with van der Waals surface area (Å²) in [7, 11) is 2.02. The van der Waals surface area contributed by atoms with Crippen LogP contribution in [0.5, 0.6) is 0 Å². The molecule has 1 aromatic carbocycles. The standard InChI is InChI=1S/C12H12N2/c1-14-10-9-13-12(14)8-7-11-5-3-2-4-6-11/h2-10H,1H3/p+1. The van der Waals surface area contributed by atoms with Crippen LogP contribution in [0, 0.1) is 0 Å². The fourth-order valence-corrected chi connectivity index (χ4v) is 1.32. The molecule has 2 heteroatoms. The highest BCUT2D eigenvalue weighted by atomic mass is 15.0. The Morgan fingerprint density at radius 1 is 1.14 bits per heavy atom. The summed E-state index contributed by atoms with van der Waals surface area (Å²) in [4.78, 5) is 3.15. The third-order valence-electron chi connectivity index (χ3n) is 2.14. The minimum absolute atomic E-state index is 1.09. The van der Waals surface area contributed by atoms with Crippen molar-refractivity contribution in [2.75, 3.05) is 0 Å². The maximum atomic E-state index is 3.15. The van der Waals surface area contributed by atoms with Crippen LogP contribution in [0.2, 0.25) is 0 Å². The van der Waals surface area contributed by atoms with Gasteiger partial charge in [-0.3, -0.25) is 0 Å². The van der Waals surface area contributed by atoms with Gasteiger partial charge in [-0.2, -0.15) is 0 Å². The van der Waals surface area contributed by atoms with Gasteiger partial charge in [0, 0.05) is 6.08 Å². The van der Waals surface area contributed by atoms with E-state index in [-0.39, 0.29) is 0 Å². The molecule has 0 atom stereocenters. The van der Waals surface area contributed by atoms with E-state index in [1.165, 1.54) is 5.56 Å². The maximum Gasteiger partial charge on any atom is 0.278 e.